The molecule has 0 bridgehead atoms. The van der Waals surface area contributed by atoms with Gasteiger partial charge in [0.1, 0.15) is 5.75 Å². The van der Waals surface area contributed by atoms with Crippen molar-refractivity contribution >= 4 is 17.6 Å². The molecule has 0 radical (unpaired) electrons. The number of rotatable bonds is 5. The number of nitrogens with zero attached hydrogens (tertiary/aromatic N) is 2. The number of nitrogens with one attached hydrogen (secondary N) is 2. The quantitative estimate of drug-likeness (QED) is 0.831. The van der Waals surface area contributed by atoms with Gasteiger partial charge in [0.15, 0.2) is 0 Å². The fraction of sp³-hybridized carbons (Fsp3) is 0.600. The summed E-state index contributed by atoms with van der Waals surface area (Å²) >= 11 is 0. The van der Waals surface area contributed by atoms with Crippen molar-refractivity contribution in [2.24, 2.45) is 0 Å². The van der Waals surface area contributed by atoms with Gasteiger partial charge in [0, 0.05) is 31.9 Å². The predicted octanol–water partition coefficient (Wildman–Crippen LogP) is 2.54. The van der Waals surface area contributed by atoms with E-state index < -0.39 is 0 Å². The molecule has 0 aliphatic carbocycles. The number of piperidine rings is 1. The molecule has 1 aromatic carbocycles. The van der Waals surface area contributed by atoms with Crippen molar-refractivity contribution in [3.63, 3.8) is 0 Å². The number of urea groups is 1. The summed E-state index contributed by atoms with van der Waals surface area (Å²) in [6.45, 7) is 4.02. The second-order valence-electron chi connectivity index (χ2n) is 7.28. The molecule has 2 N–H and O–H groups in total. The van der Waals surface area contributed by atoms with Gasteiger partial charge in [-0.1, -0.05) is 0 Å². The fourth-order valence-electron chi connectivity index (χ4n) is 4.01. The molecule has 148 valence electrons. The maximum absolute atomic E-state index is 12.9. The van der Waals surface area contributed by atoms with Gasteiger partial charge in [-0.25, -0.2) is 4.79 Å². The van der Waals surface area contributed by atoms with E-state index in [9.17, 15) is 9.59 Å². The zero-order valence-corrected chi connectivity index (χ0v) is 16.3. The summed E-state index contributed by atoms with van der Waals surface area (Å²) in [5, 5.41) is 5.57. The normalized spacial score (nSPS) is 20.4. The lowest BCUT2D eigenvalue weighted by Gasteiger charge is -2.37. The smallest absolute Gasteiger partial charge is 0.322 e. The molecule has 0 unspecified atom stereocenters. The van der Waals surface area contributed by atoms with E-state index in [-0.39, 0.29) is 18.0 Å². The van der Waals surface area contributed by atoms with E-state index in [4.69, 9.17) is 4.74 Å². The van der Waals surface area contributed by atoms with Crippen molar-refractivity contribution in [2.75, 3.05) is 45.7 Å². The van der Waals surface area contributed by atoms with Crippen molar-refractivity contribution in [1.82, 2.24) is 15.1 Å². The third kappa shape index (κ3) is 4.71. The summed E-state index contributed by atoms with van der Waals surface area (Å²) in [4.78, 5) is 29.4. The number of methoxy groups -OCH3 is 1. The Kier molecular flexibility index (Phi) is 6.55. The average Bonchev–Trinajstić information content (AvgIpc) is 3.20. The number of hydrogen-bond acceptors (Lipinski definition) is 4. The van der Waals surface area contributed by atoms with Gasteiger partial charge in [0.2, 0.25) is 0 Å². The molecule has 2 aliphatic heterocycles. The highest BCUT2D eigenvalue weighted by molar-refractivity contribution is 5.99. The summed E-state index contributed by atoms with van der Waals surface area (Å²) in [7, 11) is 3.10. The van der Waals surface area contributed by atoms with Crippen LogP contribution >= 0.6 is 0 Å². The van der Waals surface area contributed by atoms with E-state index in [2.05, 4.69) is 15.5 Å². The van der Waals surface area contributed by atoms with E-state index in [1.54, 1.807) is 25.2 Å². The molecule has 2 heterocycles. The number of likely N-dealkylation sites (tertiary alicyclic amines) is 2. The Morgan fingerprint density at radius 2 is 1.89 bits per heavy atom. The van der Waals surface area contributed by atoms with Gasteiger partial charge in [0.25, 0.3) is 5.91 Å². The number of ether oxygens (including phenoxy) is 1. The minimum atomic E-state index is -0.243. The molecule has 0 spiro atoms. The van der Waals surface area contributed by atoms with Crippen molar-refractivity contribution in [1.29, 1.82) is 0 Å². The van der Waals surface area contributed by atoms with Crippen LogP contribution in [0.5, 0.6) is 5.75 Å². The molecule has 3 rings (SSSR count). The minimum Gasteiger partial charge on any atom is -0.496 e. The zero-order valence-electron chi connectivity index (χ0n) is 16.3. The van der Waals surface area contributed by atoms with Crippen LogP contribution in [0.1, 0.15) is 42.5 Å². The van der Waals surface area contributed by atoms with Crippen LogP contribution in [0.25, 0.3) is 0 Å². The molecule has 7 heteroatoms. The van der Waals surface area contributed by atoms with Crippen LogP contribution in [-0.4, -0.2) is 68.1 Å². The van der Waals surface area contributed by atoms with Gasteiger partial charge in [0.05, 0.1) is 12.7 Å². The van der Waals surface area contributed by atoms with Gasteiger partial charge in [-0.15, -0.1) is 0 Å². The fourth-order valence-corrected chi connectivity index (χ4v) is 4.01. The topological polar surface area (TPSA) is 73.9 Å². The van der Waals surface area contributed by atoms with Crippen LogP contribution in [0.2, 0.25) is 0 Å². The maximum Gasteiger partial charge on any atom is 0.322 e. The molecule has 3 amide bonds. The third-order valence-corrected chi connectivity index (χ3v) is 5.48. The van der Waals surface area contributed by atoms with Crippen LogP contribution in [-0.2, 0) is 0 Å². The van der Waals surface area contributed by atoms with Crippen LogP contribution < -0.4 is 15.4 Å². The second-order valence-corrected chi connectivity index (χ2v) is 7.28. The number of anilines is 1. The van der Waals surface area contributed by atoms with E-state index in [0.717, 1.165) is 39.0 Å². The van der Waals surface area contributed by atoms with Crippen LogP contribution in [0, 0.1) is 0 Å². The summed E-state index contributed by atoms with van der Waals surface area (Å²) in [5.74, 6) is 0.241. The van der Waals surface area contributed by atoms with Crippen molar-refractivity contribution in [3.05, 3.63) is 23.8 Å². The Morgan fingerprint density at radius 1 is 1.15 bits per heavy atom. The van der Waals surface area contributed by atoms with Crippen LogP contribution in [0.15, 0.2) is 18.2 Å². The highest BCUT2D eigenvalue weighted by Crippen LogP contribution is 2.25. The lowest BCUT2D eigenvalue weighted by atomic mass is 10.0. The minimum absolute atomic E-state index is 0.0908. The number of carbonyl (C=O) groups is 2. The average molecular weight is 374 g/mol. The highest BCUT2D eigenvalue weighted by atomic mass is 16.5. The van der Waals surface area contributed by atoms with Crippen LogP contribution in [0.4, 0.5) is 10.5 Å². The number of amides is 3. The Labute approximate surface area is 161 Å². The van der Waals surface area contributed by atoms with Gasteiger partial charge in [-0.05, 0) is 63.4 Å². The molecule has 7 nitrogen and oxygen atoms in total. The molecule has 0 saturated carbocycles. The summed E-state index contributed by atoms with van der Waals surface area (Å²) in [5.41, 5.74) is 1.01. The largest absolute Gasteiger partial charge is 0.496 e. The molecular formula is C20H30N4O3. The Balaban J connectivity index is 1.70. The zero-order chi connectivity index (χ0) is 19.2. The number of hydrogen-bond donors (Lipinski definition) is 2. The Hall–Kier alpha value is -2.28. The van der Waals surface area contributed by atoms with Crippen molar-refractivity contribution in [2.45, 2.75) is 38.1 Å². The number of benzene rings is 1. The SMILES string of the molecule is CNC(=O)c1cc(NC(=O)N2CCCC[C@H]2CN2CCCC2)ccc1OC. The summed E-state index contributed by atoms with van der Waals surface area (Å²) < 4.78 is 5.25. The highest BCUT2D eigenvalue weighted by Gasteiger charge is 2.29. The first-order valence-corrected chi connectivity index (χ1v) is 9.82. The first kappa shape index (κ1) is 19.5. The van der Waals surface area contributed by atoms with E-state index >= 15 is 0 Å². The molecule has 2 saturated heterocycles. The molecule has 1 atom stereocenters. The second kappa shape index (κ2) is 9.08. The van der Waals surface area contributed by atoms with Crippen LogP contribution in [0.3, 0.4) is 0 Å². The van der Waals surface area contributed by atoms with Gasteiger partial charge in [-0.3, -0.25) is 4.79 Å². The molecule has 0 aromatic heterocycles. The lowest BCUT2D eigenvalue weighted by Crippen LogP contribution is -2.50. The summed E-state index contributed by atoms with van der Waals surface area (Å²) in [6.07, 6.45) is 5.78. The van der Waals surface area contributed by atoms with Crippen molar-refractivity contribution in [3.8, 4) is 5.75 Å². The third-order valence-electron chi connectivity index (χ3n) is 5.48. The van der Waals surface area contributed by atoms with Crippen molar-refractivity contribution < 1.29 is 14.3 Å². The first-order chi connectivity index (χ1) is 13.1. The molecule has 1 aromatic rings. The molecule has 2 aliphatic rings. The lowest BCUT2D eigenvalue weighted by molar-refractivity contribution is 0.0960. The van der Waals surface area contributed by atoms with E-state index in [1.165, 1.54) is 26.4 Å². The Bertz CT molecular complexity index is 673. The standard InChI is InChI=1S/C20H30N4O3/c1-21-19(25)17-13-15(8-9-18(17)27-2)22-20(26)24-12-4-3-7-16(24)14-23-10-5-6-11-23/h8-9,13,16H,3-7,10-12,14H2,1-2H3,(H,21,25)(H,22,26)/t16-/m0/s1. The maximum atomic E-state index is 12.9. The van der Waals surface area contributed by atoms with E-state index in [1.807, 2.05) is 4.90 Å². The van der Waals surface area contributed by atoms with Gasteiger partial charge >= 0.3 is 6.03 Å². The van der Waals surface area contributed by atoms with E-state index in [0.29, 0.717) is 17.0 Å². The number of carbonyl (C=O) groups excluding carboxylic acids is 2. The first-order valence-electron chi connectivity index (χ1n) is 9.82. The monoisotopic (exact) mass is 374 g/mol. The molecular weight excluding hydrogens is 344 g/mol. The Morgan fingerprint density at radius 3 is 2.59 bits per heavy atom. The van der Waals surface area contributed by atoms with Gasteiger partial charge < -0.3 is 25.2 Å². The predicted molar refractivity (Wildman–Crippen MR) is 105 cm³/mol. The van der Waals surface area contributed by atoms with Gasteiger partial charge in [-0.2, -0.15) is 0 Å². The molecule has 27 heavy (non-hydrogen) atoms. The molecule has 2 fully saturated rings. The summed E-state index contributed by atoms with van der Waals surface area (Å²) in [6, 6.07) is 5.30.